The Morgan fingerprint density at radius 2 is 2.00 bits per heavy atom. The molecule has 0 aromatic rings. The topological polar surface area (TPSA) is 49.4 Å². The van der Waals surface area contributed by atoms with E-state index in [1.165, 1.54) is 0 Å². The highest BCUT2D eigenvalue weighted by Crippen LogP contribution is 2.25. The monoisotopic (exact) mass is 256 g/mol. The van der Waals surface area contributed by atoms with Crippen molar-refractivity contribution in [1.29, 1.82) is 0 Å². The second-order valence-electron chi connectivity index (χ2n) is 4.26. The predicted octanol–water partition coefficient (Wildman–Crippen LogP) is 0.657. The number of hydrogen-bond acceptors (Lipinski definition) is 3. The van der Waals surface area contributed by atoms with Gasteiger partial charge in [-0.15, -0.1) is 0 Å². The van der Waals surface area contributed by atoms with Crippen molar-refractivity contribution in [1.82, 2.24) is 9.62 Å². The standard InChI is InChI=1S/C6H11F2N.C3H7NO2S/c1-9-4-2-3-6(7,8)5-9;5-7(6)3-1-2-4-7/h2-5H2,1H3;4H,1-3H2. The van der Waals surface area contributed by atoms with Crippen LogP contribution >= 0.6 is 0 Å². The molecule has 0 bridgehead atoms. The fourth-order valence-corrected chi connectivity index (χ4v) is 2.85. The zero-order chi connectivity index (χ0) is 12.2. The average molecular weight is 256 g/mol. The molecule has 4 nitrogen and oxygen atoms in total. The van der Waals surface area contributed by atoms with Gasteiger partial charge in [-0.1, -0.05) is 0 Å². The average Bonchev–Trinajstić information content (AvgIpc) is 2.48. The molecule has 2 aliphatic rings. The molecule has 7 heteroatoms. The Balaban J connectivity index is 0.000000165. The first-order valence-electron chi connectivity index (χ1n) is 5.34. The molecule has 0 spiro atoms. The van der Waals surface area contributed by atoms with Gasteiger partial charge in [-0.3, -0.25) is 0 Å². The van der Waals surface area contributed by atoms with Crippen LogP contribution in [0.3, 0.4) is 0 Å². The van der Waals surface area contributed by atoms with Crippen LogP contribution in [0.2, 0.25) is 0 Å². The van der Waals surface area contributed by atoms with Crippen LogP contribution in [-0.4, -0.2) is 51.7 Å². The summed E-state index contributed by atoms with van der Waals surface area (Å²) in [4.78, 5) is 1.67. The van der Waals surface area contributed by atoms with Crippen LogP contribution in [-0.2, 0) is 10.0 Å². The zero-order valence-corrected chi connectivity index (χ0v) is 10.2. The summed E-state index contributed by atoms with van der Waals surface area (Å²) in [5.74, 6) is -2.11. The first-order valence-corrected chi connectivity index (χ1v) is 7.00. The Bertz CT molecular complexity index is 307. The Morgan fingerprint density at radius 1 is 1.31 bits per heavy atom. The molecule has 0 atom stereocenters. The number of hydrogen-bond donors (Lipinski definition) is 1. The summed E-state index contributed by atoms with van der Waals surface area (Å²) in [7, 11) is -1.07. The molecule has 0 radical (unpaired) electrons. The smallest absolute Gasteiger partial charge is 0.260 e. The molecule has 16 heavy (non-hydrogen) atoms. The summed E-state index contributed by atoms with van der Waals surface area (Å²) in [6, 6.07) is 0. The molecule has 2 rings (SSSR count). The number of likely N-dealkylation sites (tertiary alicyclic amines) is 1. The highest BCUT2D eigenvalue weighted by atomic mass is 32.2. The van der Waals surface area contributed by atoms with E-state index in [0.29, 0.717) is 18.7 Å². The van der Waals surface area contributed by atoms with Crippen molar-refractivity contribution in [2.75, 3.05) is 32.4 Å². The van der Waals surface area contributed by atoms with Crippen LogP contribution in [0, 0.1) is 0 Å². The molecule has 1 N–H and O–H groups in total. The first kappa shape index (κ1) is 13.8. The Labute approximate surface area is 95.1 Å². The van der Waals surface area contributed by atoms with E-state index in [-0.39, 0.29) is 13.0 Å². The molecule has 0 unspecified atom stereocenters. The van der Waals surface area contributed by atoms with E-state index < -0.39 is 15.9 Å². The van der Waals surface area contributed by atoms with Crippen molar-refractivity contribution in [3.63, 3.8) is 0 Å². The number of piperidine rings is 1. The molecule has 0 aliphatic carbocycles. The lowest BCUT2D eigenvalue weighted by atomic mass is 10.1. The van der Waals surface area contributed by atoms with Gasteiger partial charge in [-0.2, -0.15) is 0 Å². The third-order valence-electron chi connectivity index (χ3n) is 2.50. The fraction of sp³-hybridized carbons (Fsp3) is 1.00. The van der Waals surface area contributed by atoms with Gasteiger partial charge in [-0.25, -0.2) is 21.9 Å². The lowest BCUT2D eigenvalue weighted by Crippen LogP contribution is -2.39. The highest BCUT2D eigenvalue weighted by molar-refractivity contribution is 7.89. The van der Waals surface area contributed by atoms with Gasteiger partial charge in [0.15, 0.2) is 0 Å². The Kier molecular flexibility index (Phi) is 4.63. The van der Waals surface area contributed by atoms with E-state index in [2.05, 4.69) is 4.72 Å². The van der Waals surface area contributed by atoms with Gasteiger partial charge in [0.05, 0.1) is 12.3 Å². The normalized spacial score (nSPS) is 28.2. The summed E-state index contributed by atoms with van der Waals surface area (Å²) in [6.45, 7) is 1.38. The number of nitrogens with one attached hydrogen (secondary N) is 1. The van der Waals surface area contributed by atoms with E-state index in [9.17, 15) is 17.2 Å². The molecule has 0 amide bonds. The largest absolute Gasteiger partial charge is 0.301 e. The number of sulfonamides is 1. The first-order chi connectivity index (χ1) is 7.31. The molecule has 2 aliphatic heterocycles. The Morgan fingerprint density at radius 3 is 2.25 bits per heavy atom. The van der Waals surface area contributed by atoms with Gasteiger partial charge in [0.1, 0.15) is 0 Å². The summed E-state index contributed by atoms with van der Waals surface area (Å²) < 4.78 is 47.8. The third-order valence-corrected chi connectivity index (χ3v) is 3.97. The lowest BCUT2D eigenvalue weighted by molar-refractivity contribution is -0.0571. The van der Waals surface area contributed by atoms with Crippen molar-refractivity contribution < 1.29 is 17.2 Å². The minimum Gasteiger partial charge on any atom is -0.301 e. The van der Waals surface area contributed by atoms with Crippen molar-refractivity contribution in [2.24, 2.45) is 0 Å². The number of halogens is 2. The quantitative estimate of drug-likeness (QED) is 0.692. The second-order valence-corrected chi connectivity index (χ2v) is 6.19. The molecule has 2 fully saturated rings. The van der Waals surface area contributed by atoms with Crippen molar-refractivity contribution in [3.05, 3.63) is 0 Å². The number of alkyl halides is 2. The van der Waals surface area contributed by atoms with Crippen LogP contribution in [0.4, 0.5) is 8.78 Å². The van der Waals surface area contributed by atoms with Crippen molar-refractivity contribution in [2.45, 2.75) is 25.2 Å². The Hall–Kier alpha value is -0.270. The van der Waals surface area contributed by atoms with E-state index in [0.717, 1.165) is 13.0 Å². The van der Waals surface area contributed by atoms with Crippen LogP contribution in [0.25, 0.3) is 0 Å². The van der Waals surface area contributed by atoms with E-state index in [1.54, 1.807) is 11.9 Å². The van der Waals surface area contributed by atoms with Crippen LogP contribution in [0.5, 0.6) is 0 Å². The maximum Gasteiger partial charge on any atom is 0.260 e. The van der Waals surface area contributed by atoms with E-state index in [4.69, 9.17) is 0 Å². The zero-order valence-electron chi connectivity index (χ0n) is 9.38. The van der Waals surface area contributed by atoms with Gasteiger partial charge in [-0.05, 0) is 26.4 Å². The van der Waals surface area contributed by atoms with Crippen molar-refractivity contribution in [3.8, 4) is 0 Å². The molecule has 0 aromatic heterocycles. The van der Waals surface area contributed by atoms with E-state index >= 15 is 0 Å². The molecule has 0 saturated carbocycles. The SMILES string of the molecule is CN1CCCC(F)(F)C1.O=S1(=O)CCCN1. The molecule has 96 valence electrons. The minimum atomic E-state index is -2.80. The van der Waals surface area contributed by atoms with Crippen LogP contribution in [0.1, 0.15) is 19.3 Å². The summed E-state index contributed by atoms with van der Waals surface area (Å²) in [5, 5.41) is 0. The van der Waals surface area contributed by atoms with E-state index in [1.807, 2.05) is 0 Å². The van der Waals surface area contributed by atoms with Crippen LogP contribution < -0.4 is 4.72 Å². The van der Waals surface area contributed by atoms with Gasteiger partial charge < -0.3 is 4.90 Å². The summed E-state index contributed by atoms with van der Waals surface area (Å²) in [6.07, 6.45) is 1.46. The fourth-order valence-electron chi connectivity index (χ4n) is 1.72. The summed E-state index contributed by atoms with van der Waals surface area (Å²) >= 11 is 0. The molecule has 2 saturated heterocycles. The molecule has 2 heterocycles. The van der Waals surface area contributed by atoms with Gasteiger partial charge in [0.25, 0.3) is 5.92 Å². The molecule has 0 aromatic carbocycles. The van der Waals surface area contributed by atoms with Crippen molar-refractivity contribution >= 4 is 10.0 Å². The highest BCUT2D eigenvalue weighted by Gasteiger charge is 2.33. The molecular weight excluding hydrogens is 238 g/mol. The number of nitrogens with zero attached hydrogens (tertiary/aromatic N) is 1. The maximum atomic E-state index is 12.4. The van der Waals surface area contributed by atoms with Gasteiger partial charge >= 0.3 is 0 Å². The third kappa shape index (κ3) is 5.18. The predicted molar refractivity (Wildman–Crippen MR) is 58.1 cm³/mol. The number of rotatable bonds is 0. The van der Waals surface area contributed by atoms with Crippen LogP contribution in [0.15, 0.2) is 0 Å². The minimum absolute atomic E-state index is 0.0625. The van der Waals surface area contributed by atoms with Gasteiger partial charge in [0, 0.05) is 13.0 Å². The van der Waals surface area contributed by atoms with Gasteiger partial charge in [0.2, 0.25) is 10.0 Å². The maximum absolute atomic E-state index is 12.4. The lowest BCUT2D eigenvalue weighted by Gasteiger charge is -2.28. The summed E-state index contributed by atoms with van der Waals surface area (Å²) in [5.41, 5.74) is 0. The molecular formula is C9H18F2N2O2S. The second kappa shape index (κ2) is 5.37.